The molecule has 8 nitrogen and oxygen atoms in total. The topological polar surface area (TPSA) is 98.5 Å². The van der Waals surface area contributed by atoms with Crippen molar-refractivity contribution in [3.63, 3.8) is 0 Å². The van der Waals surface area contributed by atoms with Crippen LogP contribution in [0.4, 0.5) is 4.79 Å². The van der Waals surface area contributed by atoms with Gasteiger partial charge in [-0.05, 0) is 29.8 Å². The normalized spacial score (nSPS) is 10.3. The van der Waals surface area contributed by atoms with E-state index in [0.29, 0.717) is 35.2 Å². The average Bonchev–Trinajstić information content (AvgIpc) is 3.25. The van der Waals surface area contributed by atoms with Gasteiger partial charge in [0.1, 0.15) is 5.69 Å². The molecule has 0 aliphatic heterocycles. The fourth-order valence-corrected chi connectivity index (χ4v) is 2.51. The summed E-state index contributed by atoms with van der Waals surface area (Å²) in [6.45, 7) is 0.569. The van der Waals surface area contributed by atoms with Crippen LogP contribution in [-0.2, 0) is 13.1 Å². The van der Waals surface area contributed by atoms with Crippen molar-refractivity contribution < 1.29 is 18.7 Å². The molecular weight excluding hydrogens is 348 g/mol. The lowest BCUT2D eigenvalue weighted by Gasteiger charge is -2.11. The lowest BCUT2D eigenvalue weighted by Crippen LogP contribution is -2.34. The van der Waals surface area contributed by atoms with Crippen LogP contribution in [0.3, 0.4) is 0 Å². The third-order valence-corrected chi connectivity index (χ3v) is 3.85. The predicted molar refractivity (Wildman–Crippen MR) is 98.4 cm³/mol. The molecule has 1 aromatic carbocycles. The molecule has 0 aliphatic carbocycles. The van der Waals surface area contributed by atoms with Crippen LogP contribution in [0.5, 0.6) is 11.5 Å². The van der Waals surface area contributed by atoms with Gasteiger partial charge >= 0.3 is 6.03 Å². The van der Waals surface area contributed by atoms with E-state index in [-0.39, 0.29) is 12.6 Å². The summed E-state index contributed by atoms with van der Waals surface area (Å²) >= 11 is 0. The number of furan rings is 1. The SMILES string of the molecule is COc1ccc(CNC(=O)NCc2nccnc2-c2ccco2)cc1OC. The highest BCUT2D eigenvalue weighted by molar-refractivity contribution is 5.74. The number of carbonyl (C=O) groups is 1. The number of methoxy groups -OCH3 is 2. The van der Waals surface area contributed by atoms with Gasteiger partial charge in [-0.15, -0.1) is 0 Å². The molecule has 0 spiro atoms. The number of nitrogens with one attached hydrogen (secondary N) is 2. The molecule has 3 aromatic rings. The number of nitrogens with zero attached hydrogens (tertiary/aromatic N) is 2. The van der Waals surface area contributed by atoms with Crippen LogP contribution in [0, 0.1) is 0 Å². The standard InChI is InChI=1S/C19H20N4O4/c1-25-15-6-5-13(10-17(15)26-2)11-22-19(24)23-12-14-18(21-8-7-20-14)16-4-3-9-27-16/h3-10H,11-12H2,1-2H3,(H2,22,23,24). The summed E-state index contributed by atoms with van der Waals surface area (Å²) in [6.07, 6.45) is 4.72. The van der Waals surface area contributed by atoms with Crippen LogP contribution in [0.1, 0.15) is 11.3 Å². The summed E-state index contributed by atoms with van der Waals surface area (Å²) in [7, 11) is 3.14. The summed E-state index contributed by atoms with van der Waals surface area (Å²) in [6, 6.07) is 8.72. The molecule has 2 aromatic heterocycles. The smallest absolute Gasteiger partial charge is 0.315 e. The zero-order valence-electron chi connectivity index (χ0n) is 15.1. The van der Waals surface area contributed by atoms with Gasteiger partial charge in [-0.2, -0.15) is 0 Å². The Morgan fingerprint density at radius 1 is 1.04 bits per heavy atom. The van der Waals surface area contributed by atoms with E-state index in [1.807, 2.05) is 12.1 Å². The lowest BCUT2D eigenvalue weighted by atomic mass is 10.2. The maximum atomic E-state index is 12.1. The molecule has 3 rings (SSSR count). The summed E-state index contributed by atoms with van der Waals surface area (Å²) < 4.78 is 15.8. The summed E-state index contributed by atoms with van der Waals surface area (Å²) in [5.41, 5.74) is 2.11. The number of amides is 2. The Bertz CT molecular complexity index is 896. The minimum Gasteiger partial charge on any atom is -0.493 e. The Kier molecular flexibility index (Phi) is 5.88. The Balaban J connectivity index is 1.57. The lowest BCUT2D eigenvalue weighted by molar-refractivity contribution is 0.240. The molecular formula is C19H20N4O4. The first-order valence-electron chi connectivity index (χ1n) is 8.27. The second kappa shape index (κ2) is 8.70. The zero-order valence-corrected chi connectivity index (χ0v) is 15.1. The van der Waals surface area contributed by atoms with Crippen molar-refractivity contribution >= 4 is 6.03 Å². The minimum atomic E-state index is -0.319. The third kappa shape index (κ3) is 4.55. The highest BCUT2D eigenvalue weighted by atomic mass is 16.5. The van der Waals surface area contributed by atoms with E-state index in [1.54, 1.807) is 51.1 Å². The number of carbonyl (C=O) groups excluding carboxylic acids is 1. The van der Waals surface area contributed by atoms with Gasteiger partial charge < -0.3 is 24.5 Å². The predicted octanol–water partition coefficient (Wildman–Crippen LogP) is 2.75. The number of hydrogen-bond donors (Lipinski definition) is 2. The minimum absolute atomic E-state index is 0.224. The monoisotopic (exact) mass is 368 g/mol. The van der Waals surface area contributed by atoms with Crippen LogP contribution >= 0.6 is 0 Å². The van der Waals surface area contributed by atoms with Gasteiger partial charge in [0.2, 0.25) is 0 Å². The average molecular weight is 368 g/mol. The molecule has 8 heteroatoms. The first-order valence-corrected chi connectivity index (χ1v) is 8.27. The van der Waals surface area contributed by atoms with E-state index in [1.165, 1.54) is 0 Å². The van der Waals surface area contributed by atoms with Crippen molar-refractivity contribution in [3.05, 3.63) is 60.2 Å². The van der Waals surface area contributed by atoms with Gasteiger partial charge in [0.15, 0.2) is 17.3 Å². The Morgan fingerprint density at radius 3 is 2.56 bits per heavy atom. The van der Waals surface area contributed by atoms with Crippen molar-refractivity contribution in [1.29, 1.82) is 0 Å². The maximum absolute atomic E-state index is 12.1. The number of ether oxygens (including phenoxy) is 2. The molecule has 27 heavy (non-hydrogen) atoms. The number of aromatic nitrogens is 2. The number of urea groups is 1. The summed E-state index contributed by atoms with van der Waals surface area (Å²) in [5, 5.41) is 5.57. The molecule has 0 fully saturated rings. The Morgan fingerprint density at radius 2 is 1.81 bits per heavy atom. The summed E-state index contributed by atoms with van der Waals surface area (Å²) in [5.74, 6) is 1.85. The molecule has 0 atom stereocenters. The molecule has 0 unspecified atom stereocenters. The molecule has 0 saturated carbocycles. The van der Waals surface area contributed by atoms with Crippen LogP contribution in [0.15, 0.2) is 53.4 Å². The van der Waals surface area contributed by atoms with Gasteiger partial charge in [0.05, 0.1) is 32.7 Å². The summed E-state index contributed by atoms with van der Waals surface area (Å²) in [4.78, 5) is 20.7. The number of hydrogen-bond acceptors (Lipinski definition) is 6. The first-order chi connectivity index (χ1) is 13.2. The van der Waals surface area contributed by atoms with Crippen molar-refractivity contribution in [1.82, 2.24) is 20.6 Å². The highest BCUT2D eigenvalue weighted by Gasteiger charge is 2.11. The van der Waals surface area contributed by atoms with Crippen LogP contribution in [0.2, 0.25) is 0 Å². The maximum Gasteiger partial charge on any atom is 0.315 e. The van der Waals surface area contributed by atoms with Crippen molar-refractivity contribution in [2.75, 3.05) is 14.2 Å². The van der Waals surface area contributed by atoms with Gasteiger partial charge in [0, 0.05) is 18.9 Å². The van der Waals surface area contributed by atoms with E-state index in [4.69, 9.17) is 13.9 Å². The number of benzene rings is 1. The third-order valence-electron chi connectivity index (χ3n) is 3.85. The van der Waals surface area contributed by atoms with E-state index in [9.17, 15) is 4.79 Å². The number of rotatable bonds is 7. The molecule has 0 saturated heterocycles. The van der Waals surface area contributed by atoms with E-state index >= 15 is 0 Å². The van der Waals surface area contributed by atoms with Gasteiger partial charge in [-0.3, -0.25) is 4.98 Å². The molecule has 2 heterocycles. The van der Waals surface area contributed by atoms with Gasteiger partial charge in [-0.1, -0.05) is 6.07 Å². The van der Waals surface area contributed by atoms with Crippen LogP contribution in [-0.4, -0.2) is 30.2 Å². The molecule has 2 amide bonds. The molecule has 140 valence electrons. The van der Waals surface area contributed by atoms with Crippen LogP contribution < -0.4 is 20.1 Å². The molecule has 0 bridgehead atoms. The second-order valence-electron chi connectivity index (χ2n) is 5.55. The second-order valence-corrected chi connectivity index (χ2v) is 5.55. The van der Waals surface area contributed by atoms with Gasteiger partial charge in [-0.25, -0.2) is 9.78 Å². The van der Waals surface area contributed by atoms with Gasteiger partial charge in [0.25, 0.3) is 0 Å². The van der Waals surface area contributed by atoms with Crippen molar-refractivity contribution in [3.8, 4) is 23.0 Å². The van der Waals surface area contributed by atoms with E-state index < -0.39 is 0 Å². The van der Waals surface area contributed by atoms with E-state index in [2.05, 4.69) is 20.6 Å². The Labute approximate surface area is 156 Å². The van der Waals surface area contributed by atoms with Crippen molar-refractivity contribution in [2.24, 2.45) is 0 Å². The zero-order chi connectivity index (χ0) is 19.1. The highest BCUT2D eigenvalue weighted by Crippen LogP contribution is 2.27. The van der Waals surface area contributed by atoms with Crippen molar-refractivity contribution in [2.45, 2.75) is 13.1 Å². The van der Waals surface area contributed by atoms with Crippen LogP contribution in [0.25, 0.3) is 11.5 Å². The Hall–Kier alpha value is -3.55. The largest absolute Gasteiger partial charge is 0.493 e. The quantitative estimate of drug-likeness (QED) is 0.665. The first kappa shape index (κ1) is 18.2. The molecule has 0 radical (unpaired) electrons. The fourth-order valence-electron chi connectivity index (χ4n) is 2.51. The molecule has 0 aliphatic rings. The molecule has 2 N–H and O–H groups in total. The fraction of sp³-hybridized carbons (Fsp3) is 0.211. The van der Waals surface area contributed by atoms with E-state index in [0.717, 1.165) is 5.56 Å².